The average Bonchev–Trinajstić information content (AvgIpc) is 2.38. The van der Waals surface area contributed by atoms with Crippen LogP contribution >= 0.6 is 0 Å². The maximum atomic E-state index is 13.2. The molecule has 0 saturated carbocycles. The summed E-state index contributed by atoms with van der Waals surface area (Å²) in [5.41, 5.74) is 0.595. The van der Waals surface area contributed by atoms with E-state index in [9.17, 15) is 9.18 Å². The lowest BCUT2D eigenvalue weighted by atomic mass is 10.1. The summed E-state index contributed by atoms with van der Waals surface area (Å²) >= 11 is 0. The molecule has 0 spiro atoms. The van der Waals surface area contributed by atoms with Crippen molar-refractivity contribution in [2.24, 2.45) is 0 Å². The van der Waals surface area contributed by atoms with Gasteiger partial charge in [-0.25, -0.2) is 14.2 Å². The van der Waals surface area contributed by atoms with E-state index in [0.717, 1.165) is 18.2 Å². The molecular formula is C14H9FN2O3. The van der Waals surface area contributed by atoms with Crippen LogP contribution in [0.15, 0.2) is 30.5 Å². The van der Waals surface area contributed by atoms with Crippen molar-refractivity contribution >= 4 is 5.97 Å². The van der Waals surface area contributed by atoms with Crippen LogP contribution in [0, 0.1) is 24.1 Å². The quantitative estimate of drug-likeness (QED) is 0.928. The van der Waals surface area contributed by atoms with Crippen molar-refractivity contribution < 1.29 is 19.0 Å². The Morgan fingerprint density at radius 2 is 2.20 bits per heavy atom. The Labute approximate surface area is 113 Å². The Bertz CT molecular complexity index is 723. The average molecular weight is 272 g/mol. The number of carboxylic acids is 1. The second-order valence-corrected chi connectivity index (χ2v) is 3.97. The minimum atomic E-state index is -1.26. The van der Waals surface area contributed by atoms with Gasteiger partial charge in [-0.05, 0) is 30.7 Å². The molecule has 5 nitrogen and oxygen atoms in total. The molecule has 0 aliphatic heterocycles. The second-order valence-electron chi connectivity index (χ2n) is 3.97. The maximum Gasteiger partial charge on any atom is 0.339 e. The maximum absolute atomic E-state index is 13.2. The van der Waals surface area contributed by atoms with Crippen molar-refractivity contribution in [1.82, 2.24) is 4.98 Å². The zero-order valence-corrected chi connectivity index (χ0v) is 10.4. The molecule has 0 saturated heterocycles. The zero-order valence-electron chi connectivity index (χ0n) is 10.4. The summed E-state index contributed by atoms with van der Waals surface area (Å²) in [7, 11) is 0. The van der Waals surface area contributed by atoms with E-state index in [1.54, 1.807) is 13.0 Å². The van der Waals surface area contributed by atoms with Crippen LogP contribution in [0.3, 0.4) is 0 Å². The fourth-order valence-electron chi connectivity index (χ4n) is 1.61. The highest BCUT2D eigenvalue weighted by molar-refractivity contribution is 5.91. The molecule has 2 rings (SSSR count). The van der Waals surface area contributed by atoms with Gasteiger partial charge >= 0.3 is 5.97 Å². The highest BCUT2D eigenvalue weighted by Crippen LogP contribution is 2.28. The first-order valence-electron chi connectivity index (χ1n) is 5.59. The van der Waals surface area contributed by atoms with Gasteiger partial charge in [0.15, 0.2) is 0 Å². The molecule has 1 aromatic heterocycles. The standard InChI is InChI=1S/C14H9FN2O3/c1-8-4-5-17-13(11(8)7-16)20-12-6-9(15)2-3-10(12)14(18)19/h2-6H,1H3,(H,18,19). The van der Waals surface area contributed by atoms with Gasteiger partial charge in [-0.15, -0.1) is 0 Å². The van der Waals surface area contributed by atoms with Crippen molar-refractivity contribution in [2.75, 3.05) is 0 Å². The van der Waals surface area contributed by atoms with E-state index in [4.69, 9.17) is 15.1 Å². The number of nitriles is 1. The first-order valence-corrected chi connectivity index (χ1v) is 5.59. The van der Waals surface area contributed by atoms with Crippen LogP contribution in [0.25, 0.3) is 0 Å². The number of aromatic carboxylic acids is 1. The summed E-state index contributed by atoms with van der Waals surface area (Å²) in [5, 5.41) is 18.1. The topological polar surface area (TPSA) is 83.2 Å². The van der Waals surface area contributed by atoms with Crippen LogP contribution < -0.4 is 4.74 Å². The number of halogens is 1. The largest absolute Gasteiger partial charge is 0.478 e. The highest BCUT2D eigenvalue weighted by atomic mass is 19.1. The number of aryl methyl sites for hydroxylation is 1. The van der Waals surface area contributed by atoms with Crippen molar-refractivity contribution in [3.8, 4) is 17.7 Å². The predicted octanol–water partition coefficient (Wildman–Crippen LogP) is 2.89. The third-order valence-electron chi connectivity index (χ3n) is 2.62. The number of pyridine rings is 1. The SMILES string of the molecule is Cc1ccnc(Oc2cc(F)ccc2C(=O)O)c1C#N. The van der Waals surface area contributed by atoms with Gasteiger partial charge in [0, 0.05) is 12.3 Å². The monoisotopic (exact) mass is 272 g/mol. The van der Waals surface area contributed by atoms with Crippen LogP contribution in [-0.4, -0.2) is 16.1 Å². The fraction of sp³-hybridized carbons (Fsp3) is 0.0714. The number of nitrogens with zero attached hydrogens (tertiary/aromatic N) is 2. The Morgan fingerprint density at radius 3 is 2.85 bits per heavy atom. The lowest BCUT2D eigenvalue weighted by Gasteiger charge is -2.10. The van der Waals surface area contributed by atoms with Crippen LogP contribution in [0.5, 0.6) is 11.6 Å². The van der Waals surface area contributed by atoms with Gasteiger partial charge in [-0.1, -0.05) is 0 Å². The first-order chi connectivity index (χ1) is 9.52. The lowest BCUT2D eigenvalue weighted by Crippen LogP contribution is -2.02. The van der Waals surface area contributed by atoms with Crippen LogP contribution in [0.4, 0.5) is 4.39 Å². The van der Waals surface area contributed by atoms with Gasteiger partial charge in [0.1, 0.15) is 28.8 Å². The van der Waals surface area contributed by atoms with Gasteiger partial charge in [0.05, 0.1) is 0 Å². The zero-order chi connectivity index (χ0) is 14.7. The third-order valence-corrected chi connectivity index (χ3v) is 2.62. The van der Waals surface area contributed by atoms with Crippen molar-refractivity contribution in [3.05, 3.63) is 53.0 Å². The van der Waals surface area contributed by atoms with E-state index in [1.165, 1.54) is 6.20 Å². The lowest BCUT2D eigenvalue weighted by molar-refractivity contribution is 0.0694. The number of hydrogen-bond donors (Lipinski definition) is 1. The van der Waals surface area contributed by atoms with Gasteiger partial charge in [0.25, 0.3) is 0 Å². The molecular weight excluding hydrogens is 263 g/mol. The molecule has 0 aliphatic carbocycles. The summed E-state index contributed by atoms with van der Waals surface area (Å²) in [5.74, 6) is -2.16. The number of aromatic nitrogens is 1. The summed E-state index contributed by atoms with van der Waals surface area (Å²) < 4.78 is 18.5. The summed E-state index contributed by atoms with van der Waals surface area (Å²) in [6, 6.07) is 6.59. The fourth-order valence-corrected chi connectivity index (χ4v) is 1.61. The Balaban J connectivity index is 2.51. The molecule has 1 N–H and O–H groups in total. The normalized spacial score (nSPS) is 9.85. The van der Waals surface area contributed by atoms with E-state index in [0.29, 0.717) is 5.56 Å². The summed E-state index contributed by atoms with van der Waals surface area (Å²) in [4.78, 5) is 14.9. The number of carbonyl (C=O) groups is 1. The molecule has 2 aromatic rings. The molecule has 0 radical (unpaired) electrons. The van der Waals surface area contributed by atoms with E-state index < -0.39 is 11.8 Å². The minimum absolute atomic E-state index is 0.0550. The molecule has 0 aliphatic rings. The number of rotatable bonds is 3. The first kappa shape index (κ1) is 13.5. The van der Waals surface area contributed by atoms with Crippen molar-refractivity contribution in [1.29, 1.82) is 5.26 Å². The Hall–Kier alpha value is -2.94. The number of benzene rings is 1. The van der Waals surface area contributed by atoms with Gasteiger partial charge < -0.3 is 9.84 Å². The molecule has 0 fully saturated rings. The van der Waals surface area contributed by atoms with Crippen LogP contribution in [0.2, 0.25) is 0 Å². The van der Waals surface area contributed by atoms with Gasteiger partial charge in [-0.3, -0.25) is 0 Å². The smallest absolute Gasteiger partial charge is 0.339 e. The molecule has 1 aromatic carbocycles. The molecule has 20 heavy (non-hydrogen) atoms. The molecule has 6 heteroatoms. The van der Waals surface area contributed by atoms with Crippen molar-refractivity contribution in [2.45, 2.75) is 6.92 Å². The second kappa shape index (κ2) is 5.36. The molecule has 0 unspecified atom stereocenters. The van der Waals surface area contributed by atoms with Crippen LogP contribution in [-0.2, 0) is 0 Å². The predicted molar refractivity (Wildman–Crippen MR) is 67.1 cm³/mol. The molecule has 0 amide bonds. The molecule has 0 atom stereocenters. The molecule has 0 bridgehead atoms. The number of carboxylic acid groups (broad SMARTS) is 1. The van der Waals surface area contributed by atoms with Crippen molar-refractivity contribution in [3.63, 3.8) is 0 Å². The van der Waals surface area contributed by atoms with Crippen LogP contribution in [0.1, 0.15) is 21.5 Å². The number of hydrogen-bond acceptors (Lipinski definition) is 4. The minimum Gasteiger partial charge on any atom is -0.478 e. The van der Waals surface area contributed by atoms with E-state index in [2.05, 4.69) is 4.98 Å². The Morgan fingerprint density at radius 1 is 1.45 bits per heavy atom. The summed E-state index contributed by atoms with van der Waals surface area (Å²) in [6.45, 7) is 1.69. The summed E-state index contributed by atoms with van der Waals surface area (Å²) in [6.07, 6.45) is 1.42. The third kappa shape index (κ3) is 2.57. The Kier molecular flexibility index (Phi) is 3.62. The number of ether oxygens (including phenoxy) is 1. The van der Waals surface area contributed by atoms with E-state index >= 15 is 0 Å². The van der Waals surface area contributed by atoms with Gasteiger partial charge in [-0.2, -0.15) is 5.26 Å². The van der Waals surface area contributed by atoms with E-state index in [1.807, 2.05) is 6.07 Å². The molecule has 1 heterocycles. The van der Waals surface area contributed by atoms with E-state index in [-0.39, 0.29) is 22.8 Å². The molecule has 100 valence electrons. The van der Waals surface area contributed by atoms with Gasteiger partial charge in [0.2, 0.25) is 5.88 Å². The highest BCUT2D eigenvalue weighted by Gasteiger charge is 2.16.